The molecule has 31 heavy (non-hydrogen) atoms. The SMILES string of the molecule is Cc1nn(-c2ccccc2)c(NC(=O)c2cccc(Br)c2)c(-c2ccc(Cl)cc2)c1=O. The van der Waals surface area contributed by atoms with Crippen molar-refractivity contribution >= 4 is 39.3 Å². The summed E-state index contributed by atoms with van der Waals surface area (Å²) in [6, 6.07) is 23.3. The molecule has 7 heteroatoms. The van der Waals surface area contributed by atoms with Crippen molar-refractivity contribution in [2.45, 2.75) is 6.92 Å². The largest absolute Gasteiger partial charge is 0.306 e. The van der Waals surface area contributed by atoms with Crippen LogP contribution in [0.5, 0.6) is 0 Å². The minimum atomic E-state index is -0.355. The fourth-order valence-corrected chi connectivity index (χ4v) is 3.73. The first-order chi connectivity index (χ1) is 14.9. The van der Waals surface area contributed by atoms with E-state index in [1.165, 1.54) is 0 Å². The van der Waals surface area contributed by atoms with Crippen molar-refractivity contribution in [2.75, 3.05) is 5.32 Å². The molecule has 0 unspecified atom stereocenters. The van der Waals surface area contributed by atoms with E-state index < -0.39 is 0 Å². The Morgan fingerprint density at radius 3 is 2.39 bits per heavy atom. The van der Waals surface area contributed by atoms with E-state index in [1.807, 2.05) is 36.4 Å². The van der Waals surface area contributed by atoms with Crippen molar-refractivity contribution in [1.82, 2.24) is 9.78 Å². The number of carbonyl (C=O) groups excluding carboxylic acids is 1. The van der Waals surface area contributed by atoms with Gasteiger partial charge in [0.1, 0.15) is 11.5 Å². The highest BCUT2D eigenvalue weighted by molar-refractivity contribution is 9.10. The van der Waals surface area contributed by atoms with Gasteiger partial charge < -0.3 is 5.32 Å². The Bertz CT molecular complexity index is 1320. The third-order valence-electron chi connectivity index (χ3n) is 4.71. The average Bonchev–Trinajstić information content (AvgIpc) is 2.78. The van der Waals surface area contributed by atoms with Crippen LogP contribution in [0, 0.1) is 6.92 Å². The number of nitrogens with one attached hydrogen (secondary N) is 1. The normalized spacial score (nSPS) is 10.7. The molecule has 4 rings (SSSR count). The van der Waals surface area contributed by atoms with Gasteiger partial charge >= 0.3 is 0 Å². The van der Waals surface area contributed by atoms with Crippen molar-refractivity contribution in [3.8, 4) is 16.8 Å². The number of amides is 1. The second-order valence-electron chi connectivity index (χ2n) is 6.86. The van der Waals surface area contributed by atoms with Crippen molar-refractivity contribution < 1.29 is 4.79 Å². The molecule has 0 bridgehead atoms. The summed E-state index contributed by atoms with van der Waals surface area (Å²) in [5.41, 5.74) is 2.19. The first kappa shape index (κ1) is 21.0. The Morgan fingerprint density at radius 2 is 1.71 bits per heavy atom. The summed E-state index contributed by atoms with van der Waals surface area (Å²) in [5.74, 6) is -0.0691. The zero-order chi connectivity index (χ0) is 22.0. The molecule has 0 saturated heterocycles. The Kier molecular flexibility index (Phi) is 6.02. The molecule has 4 aromatic rings. The van der Waals surface area contributed by atoms with Gasteiger partial charge in [0.2, 0.25) is 5.43 Å². The van der Waals surface area contributed by atoms with Crippen LogP contribution in [0.4, 0.5) is 5.82 Å². The van der Waals surface area contributed by atoms with Crippen molar-refractivity contribution in [3.63, 3.8) is 0 Å². The van der Waals surface area contributed by atoms with Crippen LogP contribution in [-0.4, -0.2) is 15.7 Å². The number of anilines is 1. The molecule has 154 valence electrons. The number of para-hydroxylation sites is 1. The van der Waals surface area contributed by atoms with E-state index in [-0.39, 0.29) is 17.2 Å². The minimum absolute atomic E-state index is 0.265. The van der Waals surface area contributed by atoms with Gasteiger partial charge in [-0.1, -0.05) is 63.9 Å². The number of rotatable bonds is 4. The molecule has 0 saturated carbocycles. The van der Waals surface area contributed by atoms with Crippen LogP contribution >= 0.6 is 27.5 Å². The Labute approximate surface area is 192 Å². The highest BCUT2D eigenvalue weighted by atomic mass is 79.9. The highest BCUT2D eigenvalue weighted by Gasteiger charge is 2.21. The van der Waals surface area contributed by atoms with E-state index in [0.717, 1.165) is 4.47 Å². The van der Waals surface area contributed by atoms with Gasteiger partial charge in [0, 0.05) is 15.1 Å². The molecule has 0 spiro atoms. The predicted octanol–water partition coefficient (Wildman–Crippen LogP) is 5.88. The van der Waals surface area contributed by atoms with Gasteiger partial charge in [0.15, 0.2) is 0 Å². The van der Waals surface area contributed by atoms with Crippen LogP contribution in [0.3, 0.4) is 0 Å². The molecular weight excluding hydrogens is 478 g/mol. The van der Waals surface area contributed by atoms with Crippen LogP contribution < -0.4 is 10.7 Å². The molecular formula is C24H17BrClN3O2. The van der Waals surface area contributed by atoms with Crippen molar-refractivity contribution in [1.29, 1.82) is 0 Å². The molecule has 0 radical (unpaired) electrons. The Morgan fingerprint density at radius 1 is 1.00 bits per heavy atom. The zero-order valence-electron chi connectivity index (χ0n) is 16.5. The number of aromatic nitrogens is 2. The Hall–Kier alpha value is -3.22. The first-order valence-electron chi connectivity index (χ1n) is 9.46. The number of hydrogen-bond donors (Lipinski definition) is 1. The lowest BCUT2D eigenvalue weighted by molar-refractivity contribution is 0.102. The molecule has 0 aliphatic rings. The summed E-state index contributed by atoms with van der Waals surface area (Å²) in [6.07, 6.45) is 0. The van der Waals surface area contributed by atoms with Crippen LogP contribution in [-0.2, 0) is 0 Å². The smallest absolute Gasteiger partial charge is 0.256 e. The molecule has 3 aromatic carbocycles. The van der Waals surface area contributed by atoms with Gasteiger partial charge in [0.25, 0.3) is 5.91 Å². The highest BCUT2D eigenvalue weighted by Crippen LogP contribution is 2.28. The summed E-state index contributed by atoms with van der Waals surface area (Å²) in [7, 11) is 0. The summed E-state index contributed by atoms with van der Waals surface area (Å²) >= 11 is 9.43. The van der Waals surface area contributed by atoms with E-state index in [1.54, 1.807) is 54.1 Å². The third-order valence-corrected chi connectivity index (χ3v) is 5.45. The maximum Gasteiger partial charge on any atom is 0.256 e. The van der Waals surface area contributed by atoms with Gasteiger partial charge in [-0.15, -0.1) is 0 Å². The quantitative estimate of drug-likeness (QED) is 0.385. The fourth-order valence-electron chi connectivity index (χ4n) is 3.21. The number of benzene rings is 3. The van der Waals surface area contributed by atoms with Gasteiger partial charge in [-0.2, -0.15) is 5.10 Å². The third kappa shape index (κ3) is 4.45. The van der Waals surface area contributed by atoms with Crippen LogP contribution in [0.25, 0.3) is 16.8 Å². The van der Waals surface area contributed by atoms with Crippen LogP contribution in [0.2, 0.25) is 5.02 Å². The molecule has 1 aromatic heterocycles. The molecule has 0 atom stereocenters. The molecule has 0 aliphatic heterocycles. The van der Waals surface area contributed by atoms with Gasteiger partial charge in [0.05, 0.1) is 11.3 Å². The lowest BCUT2D eigenvalue weighted by atomic mass is 10.0. The number of halogens is 2. The van der Waals surface area contributed by atoms with Crippen molar-refractivity contribution in [2.24, 2.45) is 0 Å². The first-order valence-corrected chi connectivity index (χ1v) is 10.6. The maximum atomic E-state index is 13.2. The van der Waals surface area contributed by atoms with E-state index in [0.29, 0.717) is 33.1 Å². The van der Waals surface area contributed by atoms with E-state index in [4.69, 9.17) is 11.6 Å². The lowest BCUT2D eigenvalue weighted by Gasteiger charge is -2.18. The molecule has 0 fully saturated rings. The van der Waals surface area contributed by atoms with E-state index in [2.05, 4.69) is 26.3 Å². The zero-order valence-corrected chi connectivity index (χ0v) is 18.8. The van der Waals surface area contributed by atoms with E-state index >= 15 is 0 Å². The van der Waals surface area contributed by atoms with Crippen LogP contribution in [0.15, 0.2) is 88.1 Å². The van der Waals surface area contributed by atoms with Crippen molar-refractivity contribution in [3.05, 3.63) is 110 Å². The van der Waals surface area contributed by atoms with Gasteiger partial charge in [-0.25, -0.2) is 4.68 Å². The lowest BCUT2D eigenvalue weighted by Crippen LogP contribution is -2.24. The number of nitrogens with zero attached hydrogens (tertiary/aromatic N) is 2. The number of aryl methyl sites for hydroxylation is 1. The second kappa shape index (κ2) is 8.88. The maximum absolute atomic E-state index is 13.2. The molecule has 1 heterocycles. The van der Waals surface area contributed by atoms with Gasteiger partial charge in [-0.05, 0) is 55.0 Å². The van der Waals surface area contributed by atoms with Gasteiger partial charge in [-0.3, -0.25) is 9.59 Å². The standard InChI is InChI=1S/C24H17BrClN3O2/c1-15-22(30)21(16-10-12-19(26)13-11-16)23(29(28-15)20-8-3-2-4-9-20)27-24(31)17-6-5-7-18(25)14-17/h2-14H,1H3,(H,27,31). The summed E-state index contributed by atoms with van der Waals surface area (Å²) < 4.78 is 2.36. The molecule has 1 N–H and O–H groups in total. The summed E-state index contributed by atoms with van der Waals surface area (Å²) in [4.78, 5) is 26.3. The molecule has 5 nitrogen and oxygen atoms in total. The second-order valence-corrected chi connectivity index (χ2v) is 8.21. The summed E-state index contributed by atoms with van der Waals surface area (Å²) in [5, 5.41) is 7.93. The van der Waals surface area contributed by atoms with E-state index in [9.17, 15) is 9.59 Å². The van der Waals surface area contributed by atoms with Crippen LogP contribution in [0.1, 0.15) is 16.1 Å². The molecule has 1 amide bonds. The average molecular weight is 495 g/mol. The fraction of sp³-hybridized carbons (Fsp3) is 0.0417. The number of hydrogen-bond acceptors (Lipinski definition) is 3. The minimum Gasteiger partial charge on any atom is -0.306 e. The summed E-state index contributed by atoms with van der Waals surface area (Å²) in [6.45, 7) is 1.65. The predicted molar refractivity (Wildman–Crippen MR) is 127 cm³/mol. The monoisotopic (exact) mass is 493 g/mol. The topological polar surface area (TPSA) is 64.0 Å². The molecule has 0 aliphatic carbocycles. The number of carbonyl (C=O) groups is 1. The Balaban J connectivity index is 1.95.